The summed E-state index contributed by atoms with van der Waals surface area (Å²) in [5.41, 5.74) is 4.96. The van der Waals surface area contributed by atoms with E-state index < -0.39 is 0 Å². The Hall–Kier alpha value is -3.09. The number of Topliss-reactive ketones (excluding diaryl/α,β-unsaturated/α-hetero) is 1. The van der Waals surface area contributed by atoms with Gasteiger partial charge in [-0.25, -0.2) is 0 Å². The van der Waals surface area contributed by atoms with Gasteiger partial charge in [0.25, 0.3) is 0 Å². The highest BCUT2D eigenvalue weighted by molar-refractivity contribution is 7.99. The molecule has 1 heterocycles. The number of thioether (sulfide) groups is 1. The first-order chi connectivity index (χ1) is 15.5. The number of anilines is 1. The summed E-state index contributed by atoms with van der Waals surface area (Å²) in [6.45, 7) is 4.63. The van der Waals surface area contributed by atoms with E-state index in [0.29, 0.717) is 22.3 Å². The molecule has 0 radical (unpaired) electrons. The molecule has 4 aromatic rings. The summed E-state index contributed by atoms with van der Waals surface area (Å²) in [5.74, 6) is 1.06. The monoisotopic (exact) mass is 462 g/mol. The van der Waals surface area contributed by atoms with Crippen molar-refractivity contribution < 1.29 is 4.79 Å². The number of carbonyl (C=O) groups is 1. The summed E-state index contributed by atoms with van der Waals surface area (Å²) >= 11 is 7.31. The minimum absolute atomic E-state index is 0.0188. The molecule has 1 aromatic heterocycles. The van der Waals surface area contributed by atoms with E-state index in [-0.39, 0.29) is 11.5 Å². The number of benzene rings is 3. The van der Waals surface area contributed by atoms with Crippen molar-refractivity contribution in [3.63, 3.8) is 0 Å². The van der Waals surface area contributed by atoms with E-state index in [1.54, 1.807) is 24.3 Å². The van der Waals surface area contributed by atoms with Crippen molar-refractivity contribution in [2.75, 3.05) is 11.1 Å². The summed E-state index contributed by atoms with van der Waals surface area (Å²) in [6, 6.07) is 23.3. The fraction of sp³-hybridized carbons (Fsp3) is 0.160. The van der Waals surface area contributed by atoms with Crippen molar-refractivity contribution in [3.05, 3.63) is 100 Å². The molecule has 0 amide bonds. The van der Waals surface area contributed by atoms with Crippen LogP contribution in [0.25, 0.3) is 5.69 Å². The summed E-state index contributed by atoms with van der Waals surface area (Å²) in [6.07, 6.45) is 0. The Morgan fingerprint density at radius 1 is 0.969 bits per heavy atom. The van der Waals surface area contributed by atoms with Crippen LogP contribution in [0.2, 0.25) is 5.02 Å². The third-order valence-electron chi connectivity index (χ3n) is 5.06. The second-order valence-electron chi connectivity index (χ2n) is 7.46. The predicted octanol–water partition coefficient (Wildman–Crippen LogP) is 6.12. The molecule has 4 rings (SSSR count). The summed E-state index contributed by atoms with van der Waals surface area (Å²) in [5, 5.41) is 13.5. The smallest absolute Gasteiger partial charge is 0.196 e. The Labute approximate surface area is 196 Å². The molecule has 0 aliphatic carbocycles. The SMILES string of the molecule is Cc1ccc(NCc2nnc(SCC(=O)c3ccc(Cl)cc3)n2-c2ccccc2C)cc1. The van der Waals surface area contributed by atoms with Gasteiger partial charge in [0.1, 0.15) is 0 Å². The molecule has 5 nitrogen and oxygen atoms in total. The van der Waals surface area contributed by atoms with Crippen LogP contribution < -0.4 is 5.32 Å². The van der Waals surface area contributed by atoms with E-state index in [9.17, 15) is 4.79 Å². The van der Waals surface area contributed by atoms with Crippen LogP contribution in [-0.4, -0.2) is 26.3 Å². The molecule has 0 fully saturated rings. The summed E-state index contributed by atoms with van der Waals surface area (Å²) in [4.78, 5) is 12.7. The molecule has 3 aromatic carbocycles. The minimum atomic E-state index is 0.0188. The first-order valence-electron chi connectivity index (χ1n) is 10.2. The van der Waals surface area contributed by atoms with E-state index in [4.69, 9.17) is 11.6 Å². The average Bonchev–Trinajstić information content (AvgIpc) is 3.20. The van der Waals surface area contributed by atoms with Crippen LogP contribution >= 0.6 is 23.4 Å². The highest BCUT2D eigenvalue weighted by Crippen LogP contribution is 2.26. The van der Waals surface area contributed by atoms with Crippen LogP contribution in [0, 0.1) is 13.8 Å². The van der Waals surface area contributed by atoms with Gasteiger partial charge in [0.2, 0.25) is 0 Å². The maximum absolute atomic E-state index is 12.7. The highest BCUT2D eigenvalue weighted by atomic mass is 35.5. The first-order valence-corrected chi connectivity index (χ1v) is 11.6. The standard InChI is InChI=1S/C25H23ClN4OS/c1-17-7-13-21(14-8-17)27-15-24-28-29-25(30(24)22-6-4-3-5-18(22)2)32-16-23(31)19-9-11-20(26)12-10-19/h3-14,27H,15-16H2,1-2H3. The molecule has 0 aliphatic rings. The molecule has 7 heteroatoms. The largest absolute Gasteiger partial charge is 0.378 e. The molecule has 32 heavy (non-hydrogen) atoms. The lowest BCUT2D eigenvalue weighted by Gasteiger charge is -2.13. The molecular weight excluding hydrogens is 440 g/mol. The quantitative estimate of drug-likeness (QED) is 0.252. The Balaban J connectivity index is 1.57. The van der Waals surface area contributed by atoms with E-state index in [0.717, 1.165) is 22.8 Å². The van der Waals surface area contributed by atoms with Crippen LogP contribution in [-0.2, 0) is 6.54 Å². The van der Waals surface area contributed by atoms with Gasteiger partial charge in [-0.15, -0.1) is 10.2 Å². The van der Waals surface area contributed by atoms with Crippen molar-refractivity contribution >= 4 is 34.8 Å². The third-order valence-corrected chi connectivity index (χ3v) is 6.24. The van der Waals surface area contributed by atoms with Gasteiger partial charge in [-0.05, 0) is 61.9 Å². The van der Waals surface area contributed by atoms with Crippen LogP contribution in [0.15, 0.2) is 78.0 Å². The van der Waals surface area contributed by atoms with Crippen molar-refractivity contribution in [3.8, 4) is 5.69 Å². The molecule has 1 N–H and O–H groups in total. The molecule has 0 atom stereocenters. The molecule has 0 spiro atoms. The van der Waals surface area contributed by atoms with E-state index in [1.165, 1.54) is 17.3 Å². The minimum Gasteiger partial charge on any atom is -0.378 e. The van der Waals surface area contributed by atoms with Crippen molar-refractivity contribution in [2.45, 2.75) is 25.5 Å². The normalized spacial score (nSPS) is 10.8. The number of hydrogen-bond donors (Lipinski definition) is 1. The molecular formula is C25H23ClN4OS. The zero-order valence-electron chi connectivity index (χ0n) is 17.9. The number of ketones is 1. The highest BCUT2D eigenvalue weighted by Gasteiger charge is 2.17. The van der Waals surface area contributed by atoms with Gasteiger partial charge in [-0.3, -0.25) is 9.36 Å². The van der Waals surface area contributed by atoms with E-state index in [1.807, 2.05) is 34.9 Å². The van der Waals surface area contributed by atoms with Crippen LogP contribution in [0.1, 0.15) is 27.3 Å². The number of aromatic nitrogens is 3. The van der Waals surface area contributed by atoms with E-state index >= 15 is 0 Å². The molecule has 162 valence electrons. The second-order valence-corrected chi connectivity index (χ2v) is 8.84. The van der Waals surface area contributed by atoms with Crippen molar-refractivity contribution in [2.24, 2.45) is 0 Å². The van der Waals surface area contributed by atoms with Gasteiger partial charge in [0, 0.05) is 16.3 Å². The number of nitrogens with one attached hydrogen (secondary N) is 1. The summed E-state index contributed by atoms with van der Waals surface area (Å²) in [7, 11) is 0. The number of hydrogen-bond acceptors (Lipinski definition) is 5. The fourth-order valence-electron chi connectivity index (χ4n) is 3.27. The van der Waals surface area contributed by atoms with Crippen LogP contribution in [0.4, 0.5) is 5.69 Å². The predicted molar refractivity (Wildman–Crippen MR) is 131 cm³/mol. The molecule has 0 bridgehead atoms. The van der Waals surface area contributed by atoms with Crippen molar-refractivity contribution in [1.29, 1.82) is 0 Å². The molecule has 0 unspecified atom stereocenters. The van der Waals surface area contributed by atoms with E-state index in [2.05, 4.69) is 47.6 Å². The Kier molecular flexibility index (Phi) is 6.93. The lowest BCUT2D eigenvalue weighted by atomic mass is 10.1. The number of carbonyl (C=O) groups excluding carboxylic acids is 1. The lowest BCUT2D eigenvalue weighted by molar-refractivity contribution is 0.102. The summed E-state index contributed by atoms with van der Waals surface area (Å²) < 4.78 is 2.02. The van der Waals surface area contributed by atoms with Crippen molar-refractivity contribution in [1.82, 2.24) is 14.8 Å². The fourth-order valence-corrected chi connectivity index (χ4v) is 4.25. The lowest BCUT2D eigenvalue weighted by Crippen LogP contribution is -2.10. The zero-order chi connectivity index (χ0) is 22.5. The number of halogens is 1. The average molecular weight is 463 g/mol. The number of rotatable bonds is 8. The van der Waals surface area contributed by atoms with Crippen LogP contribution in [0.5, 0.6) is 0 Å². The Morgan fingerprint density at radius 2 is 1.69 bits per heavy atom. The van der Waals surface area contributed by atoms with Gasteiger partial charge in [-0.2, -0.15) is 0 Å². The maximum atomic E-state index is 12.7. The Bertz CT molecular complexity index is 1220. The molecule has 0 aliphatic heterocycles. The third kappa shape index (κ3) is 5.21. The topological polar surface area (TPSA) is 59.8 Å². The van der Waals surface area contributed by atoms with Gasteiger partial charge < -0.3 is 5.32 Å². The zero-order valence-corrected chi connectivity index (χ0v) is 19.5. The number of para-hydroxylation sites is 1. The number of aryl methyl sites for hydroxylation is 2. The number of nitrogens with zero attached hydrogens (tertiary/aromatic N) is 3. The van der Waals surface area contributed by atoms with Gasteiger partial charge >= 0.3 is 0 Å². The molecule has 0 saturated carbocycles. The first kappa shape index (κ1) is 22.1. The molecule has 0 saturated heterocycles. The maximum Gasteiger partial charge on any atom is 0.196 e. The van der Waals surface area contributed by atoms with Gasteiger partial charge in [-0.1, -0.05) is 59.3 Å². The van der Waals surface area contributed by atoms with Gasteiger partial charge in [0.15, 0.2) is 16.8 Å². The second kappa shape index (κ2) is 10.0. The Morgan fingerprint density at radius 3 is 2.41 bits per heavy atom. The van der Waals surface area contributed by atoms with Gasteiger partial charge in [0.05, 0.1) is 18.0 Å². The van der Waals surface area contributed by atoms with Crippen LogP contribution in [0.3, 0.4) is 0 Å².